The van der Waals surface area contributed by atoms with E-state index in [0.717, 1.165) is 5.69 Å². The molecule has 58 valence electrons. The second-order valence-corrected chi connectivity index (χ2v) is 2.21. The smallest absolute Gasteiger partial charge is 0.113 e. The third-order valence-electron chi connectivity index (χ3n) is 0.948. The molecule has 1 heterocycles. The molecule has 0 aliphatic rings. The Balaban J connectivity index is 0.000001000. The molecule has 0 spiro atoms. The van der Waals surface area contributed by atoms with Gasteiger partial charge in [-0.25, -0.2) is 4.98 Å². The minimum Gasteiger partial charge on any atom is -0.248 e. The number of hydrogen-bond donors (Lipinski definition) is 0. The second-order valence-electron chi connectivity index (χ2n) is 1.65. The van der Waals surface area contributed by atoms with E-state index in [-0.39, 0.29) is 17.0 Å². The predicted molar refractivity (Wildman–Crippen MR) is 55.2 cm³/mol. The van der Waals surface area contributed by atoms with E-state index < -0.39 is 0 Å². The third kappa shape index (κ3) is 4.18. The van der Waals surface area contributed by atoms with E-state index in [1.807, 2.05) is 18.2 Å². The predicted octanol–water partition coefficient (Wildman–Crippen LogP) is 2.41. The van der Waals surface area contributed by atoms with Crippen LogP contribution < -0.4 is 0 Å². The summed E-state index contributed by atoms with van der Waals surface area (Å²) in [5.41, 5.74) is 0.821. The van der Waals surface area contributed by atoms with E-state index in [1.165, 1.54) is 0 Å². The first-order chi connectivity index (χ1) is 4.93. The molecule has 1 aromatic heterocycles. The Morgan fingerprint density at radius 2 is 2.27 bits per heavy atom. The van der Waals surface area contributed by atoms with Crippen LogP contribution in [-0.4, -0.2) is 10.3 Å². The highest BCUT2D eigenvalue weighted by molar-refractivity contribution is 9.09. The van der Waals surface area contributed by atoms with Gasteiger partial charge >= 0.3 is 0 Å². The van der Waals surface area contributed by atoms with Crippen LogP contribution in [0.25, 0.3) is 0 Å². The number of rotatable bonds is 0. The van der Waals surface area contributed by atoms with E-state index in [4.69, 9.17) is 0 Å². The lowest BCUT2D eigenvalue weighted by atomic mass is 10.3. The highest BCUT2D eigenvalue weighted by atomic mass is 79.9. The highest BCUT2D eigenvalue weighted by Crippen LogP contribution is 1.88. The molecule has 3 heteroatoms. The molecular weight excluding hydrogens is 270 g/mol. The van der Waals surface area contributed by atoms with Crippen molar-refractivity contribution in [1.29, 1.82) is 0 Å². The number of pyridine rings is 1. The first-order valence-electron chi connectivity index (χ1n) is 2.89. The van der Waals surface area contributed by atoms with Crippen molar-refractivity contribution >= 4 is 32.9 Å². The SMILES string of the molecule is Br.BrCC#Cc1ccccn1. The maximum absolute atomic E-state index is 4.02. The van der Waals surface area contributed by atoms with E-state index >= 15 is 0 Å². The maximum atomic E-state index is 4.02. The van der Waals surface area contributed by atoms with Crippen molar-refractivity contribution in [1.82, 2.24) is 4.98 Å². The van der Waals surface area contributed by atoms with Crippen LogP contribution in [0.2, 0.25) is 0 Å². The average molecular weight is 277 g/mol. The zero-order chi connectivity index (χ0) is 7.23. The van der Waals surface area contributed by atoms with Crippen molar-refractivity contribution in [3.05, 3.63) is 30.1 Å². The Labute approximate surface area is 85.1 Å². The Morgan fingerprint density at radius 3 is 2.82 bits per heavy atom. The molecule has 1 rings (SSSR count). The van der Waals surface area contributed by atoms with Gasteiger partial charge < -0.3 is 0 Å². The zero-order valence-electron chi connectivity index (χ0n) is 5.75. The van der Waals surface area contributed by atoms with Crippen molar-refractivity contribution in [2.45, 2.75) is 0 Å². The molecule has 0 bridgehead atoms. The van der Waals surface area contributed by atoms with Crippen molar-refractivity contribution in [3.63, 3.8) is 0 Å². The summed E-state index contributed by atoms with van der Waals surface area (Å²) in [6.45, 7) is 0. The Hall–Kier alpha value is -0.330. The summed E-state index contributed by atoms with van der Waals surface area (Å²) in [5, 5.41) is 0.698. The first kappa shape index (κ1) is 10.7. The van der Waals surface area contributed by atoms with Crippen molar-refractivity contribution in [2.24, 2.45) is 0 Å². The van der Waals surface area contributed by atoms with Crippen LogP contribution in [0, 0.1) is 11.8 Å². The lowest BCUT2D eigenvalue weighted by Gasteiger charge is -1.83. The topological polar surface area (TPSA) is 12.9 Å². The van der Waals surface area contributed by atoms with Gasteiger partial charge in [-0.15, -0.1) is 17.0 Å². The molecule has 11 heavy (non-hydrogen) atoms. The molecular formula is C8H7Br2N. The maximum Gasteiger partial charge on any atom is 0.113 e. The summed E-state index contributed by atoms with van der Waals surface area (Å²) in [4.78, 5) is 4.02. The fourth-order valence-electron chi connectivity index (χ4n) is 0.561. The summed E-state index contributed by atoms with van der Waals surface area (Å²) >= 11 is 3.21. The molecule has 0 aliphatic heterocycles. The van der Waals surface area contributed by atoms with Crippen LogP contribution in [0.5, 0.6) is 0 Å². The quantitative estimate of drug-likeness (QED) is 0.524. The summed E-state index contributed by atoms with van der Waals surface area (Å²) in [6, 6.07) is 5.68. The van der Waals surface area contributed by atoms with Crippen LogP contribution in [-0.2, 0) is 0 Å². The summed E-state index contributed by atoms with van der Waals surface area (Å²) in [5.74, 6) is 5.76. The Bertz CT molecular complexity index is 248. The minimum absolute atomic E-state index is 0. The summed E-state index contributed by atoms with van der Waals surface area (Å²) in [7, 11) is 0. The largest absolute Gasteiger partial charge is 0.248 e. The van der Waals surface area contributed by atoms with Gasteiger partial charge in [0.05, 0.1) is 5.33 Å². The van der Waals surface area contributed by atoms with Crippen molar-refractivity contribution in [2.75, 3.05) is 5.33 Å². The molecule has 0 N–H and O–H groups in total. The van der Waals surface area contributed by atoms with Gasteiger partial charge in [-0.2, -0.15) is 0 Å². The normalized spacial score (nSPS) is 7.36. The van der Waals surface area contributed by atoms with Crippen LogP contribution >= 0.6 is 32.9 Å². The number of nitrogens with zero attached hydrogens (tertiary/aromatic N) is 1. The fraction of sp³-hybridized carbons (Fsp3) is 0.125. The molecule has 0 aliphatic carbocycles. The van der Waals surface area contributed by atoms with Gasteiger partial charge in [0.2, 0.25) is 0 Å². The van der Waals surface area contributed by atoms with E-state index in [2.05, 4.69) is 32.8 Å². The molecule has 0 fully saturated rings. The van der Waals surface area contributed by atoms with Crippen molar-refractivity contribution in [3.8, 4) is 11.8 Å². The van der Waals surface area contributed by atoms with Crippen LogP contribution in [0.4, 0.5) is 0 Å². The lowest BCUT2D eigenvalue weighted by Crippen LogP contribution is -1.77. The molecule has 0 radical (unpaired) electrons. The standard InChI is InChI=1S/C8H6BrN.BrH/c9-6-3-5-8-4-1-2-7-10-8;/h1-2,4,7H,6H2;1H. The van der Waals surface area contributed by atoms with Gasteiger partial charge in [0, 0.05) is 6.20 Å². The molecule has 1 nitrogen and oxygen atoms in total. The number of halogens is 2. The molecule has 0 atom stereocenters. The highest BCUT2D eigenvalue weighted by Gasteiger charge is 1.80. The van der Waals surface area contributed by atoms with Gasteiger partial charge in [0.25, 0.3) is 0 Å². The summed E-state index contributed by atoms with van der Waals surface area (Å²) < 4.78 is 0. The minimum atomic E-state index is 0. The van der Waals surface area contributed by atoms with Gasteiger partial charge in [0.1, 0.15) is 5.69 Å². The zero-order valence-corrected chi connectivity index (χ0v) is 9.05. The Kier molecular flexibility index (Phi) is 6.19. The van der Waals surface area contributed by atoms with Gasteiger partial charge in [-0.3, -0.25) is 0 Å². The van der Waals surface area contributed by atoms with Crippen LogP contribution in [0.15, 0.2) is 24.4 Å². The van der Waals surface area contributed by atoms with E-state index in [9.17, 15) is 0 Å². The summed E-state index contributed by atoms with van der Waals surface area (Å²) in [6.07, 6.45) is 1.73. The van der Waals surface area contributed by atoms with E-state index in [0.29, 0.717) is 5.33 Å². The molecule has 0 saturated heterocycles. The molecule has 0 amide bonds. The number of hydrogen-bond acceptors (Lipinski definition) is 1. The van der Waals surface area contributed by atoms with Gasteiger partial charge in [0.15, 0.2) is 0 Å². The monoisotopic (exact) mass is 275 g/mol. The average Bonchev–Trinajstić information content (AvgIpc) is 2.03. The number of alkyl halides is 1. The molecule has 0 aromatic carbocycles. The van der Waals surface area contributed by atoms with E-state index in [1.54, 1.807) is 6.20 Å². The van der Waals surface area contributed by atoms with Crippen molar-refractivity contribution < 1.29 is 0 Å². The van der Waals surface area contributed by atoms with Crippen LogP contribution in [0.1, 0.15) is 5.69 Å². The third-order valence-corrected chi connectivity index (χ3v) is 1.23. The molecule has 1 aromatic rings. The molecule has 0 saturated carbocycles. The Morgan fingerprint density at radius 1 is 1.45 bits per heavy atom. The fourth-order valence-corrected chi connectivity index (χ4v) is 0.701. The molecule has 0 unspecified atom stereocenters. The van der Waals surface area contributed by atoms with Crippen LogP contribution in [0.3, 0.4) is 0 Å². The van der Waals surface area contributed by atoms with Gasteiger partial charge in [-0.1, -0.05) is 27.9 Å². The van der Waals surface area contributed by atoms with Gasteiger partial charge in [-0.05, 0) is 18.1 Å². The second kappa shape index (κ2) is 6.38. The first-order valence-corrected chi connectivity index (χ1v) is 4.01. The number of aromatic nitrogens is 1. The lowest BCUT2D eigenvalue weighted by molar-refractivity contribution is 1.29.